The smallest absolute Gasteiger partial charge is 0.270 e. The zero-order chi connectivity index (χ0) is 18.9. The Labute approximate surface area is 155 Å². The fraction of sp³-hybridized carbons (Fsp3) is 0.450. The van der Waals surface area contributed by atoms with Crippen molar-refractivity contribution in [3.63, 3.8) is 0 Å². The van der Waals surface area contributed by atoms with Crippen molar-refractivity contribution in [2.24, 2.45) is 0 Å². The Kier molecular flexibility index (Phi) is 7.53. The number of nitrogens with zero attached hydrogens (tertiary/aromatic N) is 3. The van der Waals surface area contributed by atoms with E-state index in [-0.39, 0.29) is 11.9 Å². The molecule has 6 nitrogen and oxygen atoms in total. The first kappa shape index (κ1) is 19.8. The molecule has 0 aliphatic carbocycles. The zero-order valence-electron chi connectivity index (χ0n) is 16.0. The maximum absolute atomic E-state index is 12.4. The van der Waals surface area contributed by atoms with Gasteiger partial charge in [0.25, 0.3) is 5.91 Å². The normalized spacial score (nSPS) is 10.8. The Balaban J connectivity index is 2.18. The van der Waals surface area contributed by atoms with Gasteiger partial charge < -0.3 is 15.0 Å². The molecule has 0 spiro atoms. The van der Waals surface area contributed by atoms with Crippen LogP contribution in [0.15, 0.2) is 36.4 Å². The summed E-state index contributed by atoms with van der Waals surface area (Å²) in [6.45, 7) is 7.95. The number of benzene rings is 1. The van der Waals surface area contributed by atoms with Crippen LogP contribution in [0.1, 0.15) is 42.1 Å². The van der Waals surface area contributed by atoms with E-state index in [2.05, 4.69) is 46.2 Å². The van der Waals surface area contributed by atoms with Crippen molar-refractivity contribution in [2.75, 3.05) is 25.2 Å². The summed E-state index contributed by atoms with van der Waals surface area (Å²) in [4.78, 5) is 23.4. The van der Waals surface area contributed by atoms with Gasteiger partial charge in [0.2, 0.25) is 0 Å². The SMILES string of the molecule is COCCCNC(=O)c1cc(N(Cc2ccccc2)C(C)C)nc(C)n1. The molecule has 1 aromatic heterocycles. The molecule has 0 radical (unpaired) electrons. The van der Waals surface area contributed by atoms with Gasteiger partial charge in [-0.25, -0.2) is 9.97 Å². The van der Waals surface area contributed by atoms with E-state index in [1.807, 2.05) is 25.1 Å². The molecule has 0 saturated carbocycles. The van der Waals surface area contributed by atoms with Gasteiger partial charge in [-0.05, 0) is 32.8 Å². The number of ether oxygens (including phenoxy) is 1. The Hall–Kier alpha value is -2.47. The van der Waals surface area contributed by atoms with Gasteiger partial charge in [-0.1, -0.05) is 30.3 Å². The van der Waals surface area contributed by atoms with Gasteiger partial charge in [0, 0.05) is 38.9 Å². The summed E-state index contributed by atoms with van der Waals surface area (Å²) < 4.78 is 5.00. The third-order valence-electron chi connectivity index (χ3n) is 3.98. The minimum absolute atomic E-state index is 0.184. The molecule has 0 unspecified atom stereocenters. The number of amides is 1. The van der Waals surface area contributed by atoms with Crippen LogP contribution in [0.2, 0.25) is 0 Å². The summed E-state index contributed by atoms with van der Waals surface area (Å²) in [7, 11) is 1.65. The molecular formula is C20H28N4O2. The van der Waals surface area contributed by atoms with Crippen molar-refractivity contribution in [2.45, 2.75) is 39.8 Å². The maximum Gasteiger partial charge on any atom is 0.270 e. The average molecular weight is 356 g/mol. The molecular weight excluding hydrogens is 328 g/mol. The van der Waals surface area contributed by atoms with Gasteiger partial charge in [0.1, 0.15) is 17.3 Å². The fourth-order valence-corrected chi connectivity index (χ4v) is 2.63. The first-order valence-electron chi connectivity index (χ1n) is 8.94. The molecule has 2 rings (SSSR count). The molecule has 0 saturated heterocycles. The topological polar surface area (TPSA) is 67.3 Å². The minimum Gasteiger partial charge on any atom is -0.385 e. The van der Waals surface area contributed by atoms with Crippen LogP contribution >= 0.6 is 0 Å². The number of methoxy groups -OCH3 is 1. The highest BCUT2D eigenvalue weighted by Crippen LogP contribution is 2.19. The lowest BCUT2D eigenvalue weighted by Gasteiger charge is -2.28. The number of carbonyl (C=O) groups is 1. The minimum atomic E-state index is -0.184. The number of carbonyl (C=O) groups excluding carboxylic acids is 1. The van der Waals surface area contributed by atoms with E-state index in [0.29, 0.717) is 24.7 Å². The molecule has 0 aliphatic rings. The van der Waals surface area contributed by atoms with Crippen molar-refractivity contribution in [1.29, 1.82) is 0 Å². The lowest BCUT2D eigenvalue weighted by molar-refractivity contribution is 0.0943. The highest BCUT2D eigenvalue weighted by molar-refractivity contribution is 5.92. The summed E-state index contributed by atoms with van der Waals surface area (Å²) in [5, 5.41) is 2.88. The highest BCUT2D eigenvalue weighted by Gasteiger charge is 2.17. The lowest BCUT2D eigenvalue weighted by Crippen LogP contribution is -2.32. The van der Waals surface area contributed by atoms with Crippen LogP contribution in [0.4, 0.5) is 5.82 Å². The molecule has 2 aromatic rings. The molecule has 1 amide bonds. The molecule has 0 atom stereocenters. The number of nitrogens with one attached hydrogen (secondary N) is 1. The standard InChI is InChI=1S/C20H28N4O2/c1-15(2)24(14-17-9-6-5-7-10-17)19-13-18(22-16(3)23-19)20(25)21-11-8-12-26-4/h5-7,9-10,13,15H,8,11-12,14H2,1-4H3,(H,21,25). The largest absolute Gasteiger partial charge is 0.385 e. The van der Waals surface area contributed by atoms with E-state index < -0.39 is 0 Å². The summed E-state index contributed by atoms with van der Waals surface area (Å²) in [6.07, 6.45) is 0.769. The van der Waals surface area contributed by atoms with Crippen LogP contribution in [-0.2, 0) is 11.3 Å². The molecule has 0 fully saturated rings. The second kappa shape index (κ2) is 9.87. The van der Waals surface area contributed by atoms with Crippen LogP contribution in [0.3, 0.4) is 0 Å². The van der Waals surface area contributed by atoms with E-state index in [0.717, 1.165) is 18.8 Å². The third-order valence-corrected chi connectivity index (χ3v) is 3.98. The van der Waals surface area contributed by atoms with Gasteiger partial charge in [-0.15, -0.1) is 0 Å². The predicted molar refractivity (Wildman–Crippen MR) is 103 cm³/mol. The van der Waals surface area contributed by atoms with Crippen molar-refractivity contribution in [3.8, 4) is 0 Å². The van der Waals surface area contributed by atoms with Crippen LogP contribution in [0.25, 0.3) is 0 Å². The van der Waals surface area contributed by atoms with Gasteiger partial charge in [-0.3, -0.25) is 4.79 Å². The first-order chi connectivity index (χ1) is 12.5. The van der Waals surface area contributed by atoms with Gasteiger partial charge in [0.15, 0.2) is 0 Å². The molecule has 26 heavy (non-hydrogen) atoms. The molecule has 140 valence electrons. The molecule has 1 N–H and O–H groups in total. The second-order valence-corrected chi connectivity index (χ2v) is 6.47. The molecule has 0 bridgehead atoms. The second-order valence-electron chi connectivity index (χ2n) is 6.47. The predicted octanol–water partition coefficient (Wildman–Crippen LogP) is 2.97. The Bertz CT molecular complexity index is 704. The average Bonchev–Trinajstić information content (AvgIpc) is 2.63. The maximum atomic E-state index is 12.4. The summed E-state index contributed by atoms with van der Waals surface area (Å²) >= 11 is 0. The summed E-state index contributed by atoms with van der Waals surface area (Å²) in [6, 6.07) is 12.2. The number of rotatable bonds is 9. The van der Waals surface area contributed by atoms with Crippen LogP contribution in [0, 0.1) is 6.92 Å². The molecule has 0 aliphatic heterocycles. The van der Waals surface area contributed by atoms with Crippen LogP contribution in [0.5, 0.6) is 0 Å². The highest BCUT2D eigenvalue weighted by atomic mass is 16.5. The number of aromatic nitrogens is 2. The third kappa shape index (κ3) is 5.81. The van der Waals surface area contributed by atoms with E-state index in [9.17, 15) is 4.79 Å². The summed E-state index contributed by atoms with van der Waals surface area (Å²) in [5.74, 6) is 1.16. The van der Waals surface area contributed by atoms with Gasteiger partial charge in [-0.2, -0.15) is 0 Å². The van der Waals surface area contributed by atoms with E-state index in [1.54, 1.807) is 13.2 Å². The van der Waals surface area contributed by atoms with Crippen LogP contribution in [-0.4, -0.2) is 42.2 Å². The number of aryl methyl sites for hydroxylation is 1. The number of hydrogen-bond acceptors (Lipinski definition) is 5. The van der Waals surface area contributed by atoms with Crippen molar-refractivity contribution < 1.29 is 9.53 Å². The zero-order valence-corrected chi connectivity index (χ0v) is 16.0. The van der Waals surface area contributed by atoms with Crippen LogP contribution < -0.4 is 10.2 Å². The van der Waals surface area contributed by atoms with E-state index in [1.165, 1.54) is 5.56 Å². The molecule has 6 heteroatoms. The monoisotopic (exact) mass is 356 g/mol. The first-order valence-corrected chi connectivity index (χ1v) is 8.94. The molecule has 1 aromatic carbocycles. The van der Waals surface area contributed by atoms with Crippen molar-refractivity contribution >= 4 is 11.7 Å². The quantitative estimate of drug-likeness (QED) is 0.700. The van der Waals surface area contributed by atoms with Gasteiger partial charge >= 0.3 is 0 Å². The van der Waals surface area contributed by atoms with Crippen molar-refractivity contribution in [1.82, 2.24) is 15.3 Å². The Morgan fingerprint density at radius 1 is 1.23 bits per heavy atom. The van der Waals surface area contributed by atoms with Gasteiger partial charge in [0.05, 0.1) is 0 Å². The number of hydrogen-bond donors (Lipinski definition) is 1. The number of anilines is 1. The van der Waals surface area contributed by atoms with E-state index in [4.69, 9.17) is 4.74 Å². The summed E-state index contributed by atoms with van der Waals surface area (Å²) in [5.41, 5.74) is 1.59. The fourth-order valence-electron chi connectivity index (χ4n) is 2.63. The van der Waals surface area contributed by atoms with Crippen molar-refractivity contribution in [3.05, 3.63) is 53.5 Å². The van der Waals surface area contributed by atoms with E-state index >= 15 is 0 Å². The Morgan fingerprint density at radius 2 is 1.96 bits per heavy atom. The Morgan fingerprint density at radius 3 is 2.62 bits per heavy atom. The lowest BCUT2D eigenvalue weighted by atomic mass is 10.2. The molecule has 1 heterocycles.